The Labute approximate surface area is 92.8 Å². The maximum Gasteiger partial charge on any atom is 0.222 e. The molecule has 0 aliphatic heterocycles. The van der Waals surface area contributed by atoms with Crippen molar-refractivity contribution >= 4 is 5.91 Å². The number of nitrogens with one attached hydrogen (secondary N) is 2. The predicted octanol–water partition coefficient (Wildman–Crippen LogP) is 0.916. The number of carbonyl (C=O) groups is 1. The lowest BCUT2D eigenvalue weighted by atomic mass is 10.1. The second-order valence-corrected chi connectivity index (χ2v) is 4.53. The molecule has 0 aromatic carbocycles. The fourth-order valence-corrected chi connectivity index (χ4v) is 1.52. The Morgan fingerprint density at radius 1 is 1.47 bits per heavy atom. The zero-order valence-electron chi connectivity index (χ0n) is 10.5. The van der Waals surface area contributed by atoms with Crippen LogP contribution in [0.15, 0.2) is 0 Å². The predicted molar refractivity (Wildman–Crippen MR) is 61.9 cm³/mol. The molecule has 90 valence electrons. The van der Waals surface area contributed by atoms with E-state index in [0.717, 1.165) is 6.54 Å². The summed E-state index contributed by atoms with van der Waals surface area (Å²) in [4.78, 5) is 11.6. The molecule has 2 N–H and O–H groups in total. The van der Waals surface area contributed by atoms with E-state index in [1.807, 2.05) is 27.7 Å². The van der Waals surface area contributed by atoms with E-state index in [1.54, 1.807) is 7.11 Å². The van der Waals surface area contributed by atoms with Gasteiger partial charge in [-0.2, -0.15) is 0 Å². The molecule has 0 aliphatic rings. The molecule has 0 aromatic heterocycles. The van der Waals surface area contributed by atoms with Gasteiger partial charge in [-0.25, -0.2) is 0 Å². The van der Waals surface area contributed by atoms with Crippen LogP contribution in [-0.2, 0) is 9.53 Å². The molecule has 0 spiro atoms. The largest absolute Gasteiger partial charge is 0.382 e. The molecule has 0 radical (unpaired) electrons. The van der Waals surface area contributed by atoms with E-state index >= 15 is 0 Å². The monoisotopic (exact) mass is 216 g/mol. The minimum Gasteiger partial charge on any atom is -0.382 e. The topological polar surface area (TPSA) is 50.4 Å². The van der Waals surface area contributed by atoms with Crippen LogP contribution in [0.25, 0.3) is 0 Å². The molecular formula is C11H24N2O2. The van der Waals surface area contributed by atoms with Crippen molar-refractivity contribution in [1.29, 1.82) is 0 Å². The number of amides is 1. The smallest absolute Gasteiger partial charge is 0.222 e. The summed E-state index contributed by atoms with van der Waals surface area (Å²) >= 11 is 0. The van der Waals surface area contributed by atoms with Crippen LogP contribution in [0.3, 0.4) is 0 Å². The third kappa shape index (κ3) is 7.33. The van der Waals surface area contributed by atoms with Gasteiger partial charge >= 0.3 is 0 Å². The van der Waals surface area contributed by atoms with E-state index in [4.69, 9.17) is 4.74 Å². The third-order valence-corrected chi connectivity index (χ3v) is 2.03. The van der Waals surface area contributed by atoms with Gasteiger partial charge in [0.25, 0.3) is 0 Å². The van der Waals surface area contributed by atoms with Crippen molar-refractivity contribution in [3.05, 3.63) is 0 Å². The number of carbonyl (C=O) groups excluding carboxylic acids is 1. The van der Waals surface area contributed by atoms with E-state index in [1.165, 1.54) is 0 Å². The van der Waals surface area contributed by atoms with Gasteiger partial charge < -0.3 is 15.4 Å². The van der Waals surface area contributed by atoms with Gasteiger partial charge in [-0.1, -0.05) is 6.92 Å². The molecule has 0 heterocycles. The summed E-state index contributed by atoms with van der Waals surface area (Å²) in [5, 5.41) is 6.14. The number of ether oxygens (including phenoxy) is 1. The highest BCUT2D eigenvalue weighted by Crippen LogP contribution is 2.03. The minimum atomic E-state index is -0.294. The Morgan fingerprint density at radius 2 is 2.07 bits per heavy atom. The Morgan fingerprint density at radius 3 is 2.53 bits per heavy atom. The van der Waals surface area contributed by atoms with E-state index < -0.39 is 0 Å². The molecule has 0 aromatic rings. The number of hydrogen-bond acceptors (Lipinski definition) is 3. The molecule has 1 atom stereocenters. The average Bonchev–Trinajstić information content (AvgIpc) is 2.01. The standard InChI is InChI=1S/C11H24N2O2/c1-6-12-9(2)7-10(14)13-11(3,4)8-15-5/h9,12H,6-8H2,1-5H3,(H,13,14). The number of hydrogen-bond donors (Lipinski definition) is 2. The molecule has 1 unspecified atom stereocenters. The summed E-state index contributed by atoms with van der Waals surface area (Å²) < 4.78 is 5.03. The Kier molecular flexibility index (Phi) is 6.52. The van der Waals surface area contributed by atoms with Crippen molar-refractivity contribution in [3.63, 3.8) is 0 Å². The fourth-order valence-electron chi connectivity index (χ4n) is 1.52. The Hall–Kier alpha value is -0.610. The third-order valence-electron chi connectivity index (χ3n) is 2.03. The van der Waals surface area contributed by atoms with Crippen LogP contribution in [0.1, 0.15) is 34.1 Å². The first-order valence-electron chi connectivity index (χ1n) is 5.44. The van der Waals surface area contributed by atoms with Crippen molar-refractivity contribution in [3.8, 4) is 0 Å². The van der Waals surface area contributed by atoms with Crippen molar-refractivity contribution < 1.29 is 9.53 Å². The van der Waals surface area contributed by atoms with Crippen LogP contribution < -0.4 is 10.6 Å². The van der Waals surface area contributed by atoms with Crippen LogP contribution in [0, 0.1) is 0 Å². The highest BCUT2D eigenvalue weighted by Gasteiger charge is 2.20. The van der Waals surface area contributed by atoms with E-state index in [-0.39, 0.29) is 17.5 Å². The Bertz CT molecular complexity index is 193. The highest BCUT2D eigenvalue weighted by atomic mass is 16.5. The maximum atomic E-state index is 11.6. The van der Waals surface area contributed by atoms with Gasteiger partial charge in [-0.15, -0.1) is 0 Å². The molecule has 4 heteroatoms. The van der Waals surface area contributed by atoms with Gasteiger partial charge in [0, 0.05) is 19.6 Å². The number of methoxy groups -OCH3 is 1. The first-order chi connectivity index (χ1) is 6.91. The van der Waals surface area contributed by atoms with E-state index in [9.17, 15) is 4.79 Å². The lowest BCUT2D eigenvalue weighted by Gasteiger charge is -2.26. The molecular weight excluding hydrogens is 192 g/mol. The maximum absolute atomic E-state index is 11.6. The van der Waals surface area contributed by atoms with Crippen LogP contribution in [0.2, 0.25) is 0 Å². The first-order valence-corrected chi connectivity index (χ1v) is 5.44. The van der Waals surface area contributed by atoms with Crippen LogP contribution >= 0.6 is 0 Å². The van der Waals surface area contributed by atoms with Crippen molar-refractivity contribution in [2.75, 3.05) is 20.3 Å². The second kappa shape index (κ2) is 6.80. The average molecular weight is 216 g/mol. The molecule has 0 aliphatic carbocycles. The summed E-state index contributed by atoms with van der Waals surface area (Å²) in [5.74, 6) is 0.0606. The van der Waals surface area contributed by atoms with Crippen molar-refractivity contribution in [2.24, 2.45) is 0 Å². The van der Waals surface area contributed by atoms with Gasteiger partial charge in [0.1, 0.15) is 0 Å². The van der Waals surface area contributed by atoms with Crippen LogP contribution in [0.5, 0.6) is 0 Å². The van der Waals surface area contributed by atoms with E-state index in [2.05, 4.69) is 10.6 Å². The van der Waals surface area contributed by atoms with Gasteiger partial charge in [0.05, 0.1) is 12.1 Å². The zero-order chi connectivity index (χ0) is 11.9. The molecule has 0 saturated heterocycles. The van der Waals surface area contributed by atoms with Crippen LogP contribution in [-0.4, -0.2) is 37.7 Å². The summed E-state index contributed by atoms with van der Waals surface area (Å²) in [7, 11) is 1.63. The molecule has 0 bridgehead atoms. The highest BCUT2D eigenvalue weighted by molar-refractivity contribution is 5.77. The van der Waals surface area contributed by atoms with Gasteiger partial charge in [0.15, 0.2) is 0 Å². The minimum absolute atomic E-state index is 0.0606. The van der Waals surface area contributed by atoms with Crippen LogP contribution in [0.4, 0.5) is 0 Å². The summed E-state index contributed by atoms with van der Waals surface area (Å²) in [6.07, 6.45) is 0.501. The summed E-state index contributed by atoms with van der Waals surface area (Å²) in [6, 6.07) is 0.216. The first kappa shape index (κ1) is 14.4. The van der Waals surface area contributed by atoms with Crippen molar-refractivity contribution in [1.82, 2.24) is 10.6 Å². The normalized spacial score (nSPS) is 13.7. The van der Waals surface area contributed by atoms with Gasteiger partial charge in [-0.05, 0) is 27.3 Å². The SMILES string of the molecule is CCNC(C)CC(=O)NC(C)(C)COC. The van der Waals surface area contributed by atoms with Crippen molar-refractivity contribution in [2.45, 2.75) is 45.7 Å². The van der Waals surface area contributed by atoms with Gasteiger partial charge in [-0.3, -0.25) is 4.79 Å². The molecule has 4 nitrogen and oxygen atoms in total. The fraction of sp³-hybridized carbons (Fsp3) is 0.909. The molecule has 15 heavy (non-hydrogen) atoms. The van der Waals surface area contributed by atoms with E-state index in [0.29, 0.717) is 13.0 Å². The Balaban J connectivity index is 3.91. The lowest BCUT2D eigenvalue weighted by Crippen LogP contribution is -2.48. The summed E-state index contributed by atoms with van der Waals surface area (Å²) in [6.45, 7) is 9.35. The second-order valence-electron chi connectivity index (χ2n) is 4.53. The molecule has 0 fully saturated rings. The molecule has 0 rings (SSSR count). The molecule has 0 saturated carbocycles. The van der Waals surface area contributed by atoms with Gasteiger partial charge in [0.2, 0.25) is 5.91 Å². The molecule has 1 amide bonds. The summed E-state index contributed by atoms with van der Waals surface area (Å²) in [5.41, 5.74) is -0.294. The lowest BCUT2D eigenvalue weighted by molar-refractivity contribution is -0.123. The number of rotatable bonds is 7. The quantitative estimate of drug-likeness (QED) is 0.665. The zero-order valence-corrected chi connectivity index (χ0v) is 10.5.